The van der Waals surface area contributed by atoms with E-state index < -0.39 is 5.60 Å². The number of rotatable bonds is 0. The topological polar surface area (TPSA) is 29.5 Å². The maximum absolute atomic E-state index is 10.0. The highest BCUT2D eigenvalue weighted by atomic mass is 35.5. The Balaban J connectivity index is 2.60. The van der Waals surface area contributed by atoms with E-state index in [0.29, 0.717) is 11.5 Å². The van der Waals surface area contributed by atoms with Gasteiger partial charge in [-0.2, -0.15) is 0 Å². The molecule has 1 atom stereocenters. The molecule has 0 saturated heterocycles. The Hall–Kier alpha value is -0.990. The SMILES string of the molecule is CC1(O)/C(=C/Cl)Oc2ccccc21. The highest BCUT2D eigenvalue weighted by Crippen LogP contribution is 2.43. The van der Waals surface area contributed by atoms with Crippen LogP contribution in [0, 0.1) is 0 Å². The van der Waals surface area contributed by atoms with Crippen molar-refractivity contribution in [3.05, 3.63) is 41.1 Å². The standard InChI is InChI=1S/C10H9ClO2/c1-10(12)7-4-2-3-5-8(7)13-9(10)6-11/h2-6,12H,1H3/b9-6-. The largest absolute Gasteiger partial charge is 0.457 e. The van der Waals surface area contributed by atoms with E-state index in [0.717, 1.165) is 5.56 Å². The molecule has 2 nitrogen and oxygen atoms in total. The molecule has 0 aromatic heterocycles. The molecule has 0 saturated carbocycles. The fourth-order valence-electron chi connectivity index (χ4n) is 1.44. The van der Waals surface area contributed by atoms with Crippen LogP contribution in [0.25, 0.3) is 0 Å². The maximum Gasteiger partial charge on any atom is 0.151 e. The van der Waals surface area contributed by atoms with Gasteiger partial charge in [0.25, 0.3) is 0 Å². The Morgan fingerprint density at radius 2 is 2.15 bits per heavy atom. The highest BCUT2D eigenvalue weighted by Gasteiger charge is 2.39. The summed E-state index contributed by atoms with van der Waals surface area (Å²) < 4.78 is 5.35. The van der Waals surface area contributed by atoms with Crippen molar-refractivity contribution in [1.29, 1.82) is 0 Å². The van der Waals surface area contributed by atoms with Crippen LogP contribution in [-0.2, 0) is 5.60 Å². The van der Waals surface area contributed by atoms with Gasteiger partial charge >= 0.3 is 0 Å². The van der Waals surface area contributed by atoms with E-state index >= 15 is 0 Å². The third-order valence-electron chi connectivity index (χ3n) is 2.21. The number of fused-ring (bicyclic) bond motifs is 1. The summed E-state index contributed by atoms with van der Waals surface area (Å²) in [5.74, 6) is 1.04. The fraction of sp³-hybridized carbons (Fsp3) is 0.200. The minimum Gasteiger partial charge on any atom is -0.457 e. The monoisotopic (exact) mass is 196 g/mol. The Morgan fingerprint density at radius 3 is 2.77 bits per heavy atom. The lowest BCUT2D eigenvalue weighted by atomic mass is 9.96. The molecule has 1 aromatic carbocycles. The van der Waals surface area contributed by atoms with Gasteiger partial charge in [-0.25, -0.2) is 0 Å². The van der Waals surface area contributed by atoms with E-state index in [2.05, 4.69) is 0 Å². The fourth-order valence-corrected chi connectivity index (χ4v) is 1.69. The molecular weight excluding hydrogens is 188 g/mol. The number of halogens is 1. The number of hydrogen-bond donors (Lipinski definition) is 1. The van der Waals surface area contributed by atoms with Crippen molar-refractivity contribution in [3.63, 3.8) is 0 Å². The van der Waals surface area contributed by atoms with Gasteiger partial charge in [0.1, 0.15) is 11.4 Å². The molecule has 1 aromatic rings. The second kappa shape index (κ2) is 2.76. The molecule has 1 aliphatic heterocycles. The van der Waals surface area contributed by atoms with Gasteiger partial charge in [-0.15, -0.1) is 0 Å². The second-order valence-corrected chi connectivity index (χ2v) is 3.36. The van der Waals surface area contributed by atoms with Crippen molar-refractivity contribution in [2.24, 2.45) is 0 Å². The number of hydrogen-bond acceptors (Lipinski definition) is 2. The number of ether oxygens (including phenoxy) is 1. The van der Waals surface area contributed by atoms with Crippen LogP contribution in [0.15, 0.2) is 35.6 Å². The second-order valence-electron chi connectivity index (χ2n) is 3.14. The van der Waals surface area contributed by atoms with Crippen molar-refractivity contribution in [2.75, 3.05) is 0 Å². The van der Waals surface area contributed by atoms with E-state index in [1.54, 1.807) is 13.0 Å². The summed E-state index contributed by atoms with van der Waals surface area (Å²) >= 11 is 5.54. The number of aliphatic hydroxyl groups is 1. The van der Waals surface area contributed by atoms with E-state index in [-0.39, 0.29) is 0 Å². The van der Waals surface area contributed by atoms with Gasteiger partial charge in [0.05, 0.1) is 0 Å². The van der Waals surface area contributed by atoms with Crippen molar-refractivity contribution in [1.82, 2.24) is 0 Å². The average Bonchev–Trinajstić information content (AvgIpc) is 2.39. The molecule has 1 heterocycles. The zero-order chi connectivity index (χ0) is 9.47. The number of benzene rings is 1. The molecule has 68 valence electrons. The molecule has 1 aliphatic rings. The Morgan fingerprint density at radius 1 is 1.46 bits per heavy atom. The predicted molar refractivity (Wildman–Crippen MR) is 50.6 cm³/mol. The summed E-state index contributed by atoms with van der Waals surface area (Å²) in [7, 11) is 0. The summed E-state index contributed by atoms with van der Waals surface area (Å²) in [4.78, 5) is 0. The Bertz CT molecular complexity index is 369. The molecule has 2 rings (SSSR count). The summed E-state index contributed by atoms with van der Waals surface area (Å²) in [6.07, 6.45) is 0. The van der Waals surface area contributed by atoms with Crippen LogP contribution < -0.4 is 4.74 Å². The molecule has 1 unspecified atom stereocenters. The molecule has 13 heavy (non-hydrogen) atoms. The van der Waals surface area contributed by atoms with E-state index in [1.807, 2.05) is 18.2 Å². The van der Waals surface area contributed by atoms with Gasteiger partial charge in [-0.05, 0) is 13.0 Å². The summed E-state index contributed by atoms with van der Waals surface area (Å²) in [6.45, 7) is 1.66. The first kappa shape index (κ1) is 8.60. The lowest BCUT2D eigenvalue weighted by molar-refractivity contribution is 0.0803. The summed E-state index contributed by atoms with van der Waals surface area (Å²) in [6, 6.07) is 7.33. The third-order valence-corrected chi connectivity index (χ3v) is 2.41. The first-order chi connectivity index (χ1) is 6.16. The molecule has 0 amide bonds. The minimum absolute atomic E-state index is 0.371. The van der Waals surface area contributed by atoms with Crippen molar-refractivity contribution in [3.8, 4) is 5.75 Å². The molecule has 0 aliphatic carbocycles. The van der Waals surface area contributed by atoms with Crippen molar-refractivity contribution in [2.45, 2.75) is 12.5 Å². The molecule has 0 bridgehead atoms. The summed E-state index contributed by atoms with van der Waals surface area (Å²) in [5, 5.41) is 10.0. The average molecular weight is 197 g/mol. The zero-order valence-electron chi connectivity index (χ0n) is 7.12. The van der Waals surface area contributed by atoms with Crippen LogP contribution in [0.3, 0.4) is 0 Å². The van der Waals surface area contributed by atoms with E-state index in [1.165, 1.54) is 5.54 Å². The van der Waals surface area contributed by atoms with Gasteiger partial charge in [0, 0.05) is 11.1 Å². The van der Waals surface area contributed by atoms with Crippen LogP contribution >= 0.6 is 11.6 Å². The maximum atomic E-state index is 10.0. The normalized spacial score (nSPS) is 28.7. The lowest BCUT2D eigenvalue weighted by Crippen LogP contribution is -2.20. The summed E-state index contributed by atoms with van der Waals surface area (Å²) in [5.41, 5.74) is 0.917. The highest BCUT2D eigenvalue weighted by molar-refractivity contribution is 6.25. The molecular formula is C10H9ClO2. The van der Waals surface area contributed by atoms with E-state index in [4.69, 9.17) is 16.3 Å². The van der Waals surface area contributed by atoms with Crippen LogP contribution in [0.4, 0.5) is 0 Å². The van der Waals surface area contributed by atoms with Crippen LogP contribution in [0.1, 0.15) is 12.5 Å². The molecule has 1 N–H and O–H groups in total. The van der Waals surface area contributed by atoms with Crippen LogP contribution in [0.2, 0.25) is 0 Å². The quantitative estimate of drug-likeness (QED) is 0.691. The van der Waals surface area contributed by atoms with Gasteiger partial charge in [-0.3, -0.25) is 0 Å². The molecule has 0 fully saturated rings. The Labute approximate surface area is 81.4 Å². The smallest absolute Gasteiger partial charge is 0.151 e. The van der Waals surface area contributed by atoms with Crippen molar-refractivity contribution >= 4 is 11.6 Å². The minimum atomic E-state index is -1.10. The van der Waals surface area contributed by atoms with Gasteiger partial charge in [-0.1, -0.05) is 29.8 Å². The third kappa shape index (κ3) is 1.14. The van der Waals surface area contributed by atoms with Crippen molar-refractivity contribution < 1.29 is 9.84 Å². The molecule has 0 spiro atoms. The van der Waals surface area contributed by atoms with Crippen LogP contribution in [-0.4, -0.2) is 5.11 Å². The lowest BCUT2D eigenvalue weighted by Gasteiger charge is -2.15. The van der Waals surface area contributed by atoms with Crippen LogP contribution in [0.5, 0.6) is 5.75 Å². The van der Waals surface area contributed by atoms with Gasteiger partial charge < -0.3 is 9.84 Å². The Kier molecular flexibility index (Phi) is 1.82. The van der Waals surface area contributed by atoms with E-state index in [9.17, 15) is 5.11 Å². The number of para-hydroxylation sites is 1. The zero-order valence-corrected chi connectivity index (χ0v) is 7.88. The molecule has 0 radical (unpaired) electrons. The molecule has 3 heteroatoms. The first-order valence-corrected chi connectivity index (χ1v) is 4.40. The van der Waals surface area contributed by atoms with Gasteiger partial charge in [0.15, 0.2) is 5.76 Å². The predicted octanol–water partition coefficient (Wildman–Crippen LogP) is 2.37. The first-order valence-electron chi connectivity index (χ1n) is 3.97. The van der Waals surface area contributed by atoms with Gasteiger partial charge in [0.2, 0.25) is 0 Å².